The second-order valence-electron chi connectivity index (χ2n) is 1.68. The lowest BCUT2D eigenvalue weighted by atomic mass is 10.7. The van der Waals surface area contributed by atoms with Gasteiger partial charge in [0, 0.05) is 7.11 Å². The van der Waals surface area contributed by atoms with Crippen LogP contribution in [-0.2, 0) is 23.8 Å². The molecule has 0 spiro atoms. The van der Waals surface area contributed by atoms with Crippen molar-refractivity contribution < 1.29 is 28.9 Å². The van der Waals surface area contributed by atoms with Crippen LogP contribution in [0.25, 0.3) is 0 Å². The minimum atomic E-state index is -0.250. The molecule has 0 aliphatic carbocycles. The molecule has 6 nitrogen and oxygen atoms in total. The van der Waals surface area contributed by atoms with E-state index >= 15 is 0 Å². The van der Waals surface area contributed by atoms with Crippen molar-refractivity contribution in [1.82, 2.24) is 0 Å². The van der Waals surface area contributed by atoms with Gasteiger partial charge in [-0.05, 0) is 0 Å². The highest BCUT2D eigenvalue weighted by molar-refractivity contribution is 5.36. The molecule has 0 atom stereocenters. The van der Waals surface area contributed by atoms with E-state index in [1.54, 1.807) is 7.11 Å². The van der Waals surface area contributed by atoms with Crippen molar-refractivity contribution in [3.05, 3.63) is 0 Å². The lowest BCUT2D eigenvalue weighted by molar-refractivity contribution is -0.130. The summed E-state index contributed by atoms with van der Waals surface area (Å²) in [5, 5.41) is 6.89. The second kappa shape index (κ2) is 17.1. The SMILES string of the molecule is COCCOCCOC=O.O=CO. The van der Waals surface area contributed by atoms with E-state index in [-0.39, 0.29) is 6.47 Å². The van der Waals surface area contributed by atoms with E-state index in [0.29, 0.717) is 32.9 Å². The minimum absolute atomic E-state index is 0.250. The van der Waals surface area contributed by atoms with Gasteiger partial charge in [0.25, 0.3) is 12.9 Å². The van der Waals surface area contributed by atoms with E-state index in [0.717, 1.165) is 0 Å². The van der Waals surface area contributed by atoms with Crippen LogP contribution in [0.5, 0.6) is 0 Å². The average molecular weight is 194 g/mol. The summed E-state index contributed by atoms with van der Waals surface area (Å²) in [6.07, 6.45) is 0. The van der Waals surface area contributed by atoms with Gasteiger partial charge >= 0.3 is 0 Å². The first-order valence-electron chi connectivity index (χ1n) is 3.53. The van der Waals surface area contributed by atoms with Crippen molar-refractivity contribution in [2.75, 3.05) is 33.5 Å². The van der Waals surface area contributed by atoms with E-state index in [2.05, 4.69) is 4.74 Å². The molecule has 13 heavy (non-hydrogen) atoms. The third-order valence-corrected chi connectivity index (χ3v) is 0.845. The fraction of sp³-hybridized carbons (Fsp3) is 0.714. The van der Waals surface area contributed by atoms with Crippen LogP contribution < -0.4 is 0 Å². The van der Waals surface area contributed by atoms with Crippen LogP contribution in [-0.4, -0.2) is 51.6 Å². The number of ether oxygens (including phenoxy) is 3. The fourth-order valence-corrected chi connectivity index (χ4v) is 0.399. The van der Waals surface area contributed by atoms with E-state index in [1.165, 1.54) is 0 Å². The number of rotatable bonds is 7. The molecule has 0 aliphatic rings. The van der Waals surface area contributed by atoms with Gasteiger partial charge in [-0.2, -0.15) is 0 Å². The quantitative estimate of drug-likeness (QED) is 0.435. The summed E-state index contributed by atoms with van der Waals surface area (Å²) in [6.45, 7) is 2.01. The monoisotopic (exact) mass is 194 g/mol. The van der Waals surface area contributed by atoms with Crippen LogP contribution in [0.1, 0.15) is 0 Å². The second-order valence-corrected chi connectivity index (χ2v) is 1.68. The van der Waals surface area contributed by atoms with E-state index in [9.17, 15) is 4.79 Å². The highest BCUT2D eigenvalue weighted by Crippen LogP contribution is 1.76. The highest BCUT2D eigenvalue weighted by atomic mass is 16.6. The first-order valence-corrected chi connectivity index (χ1v) is 3.53. The summed E-state index contributed by atoms with van der Waals surface area (Å²) in [7, 11) is 1.60. The molecule has 0 fully saturated rings. The number of carbonyl (C=O) groups excluding carboxylic acids is 1. The first-order chi connectivity index (χ1) is 6.33. The zero-order valence-corrected chi connectivity index (χ0v) is 7.47. The van der Waals surface area contributed by atoms with Crippen LogP contribution in [0.15, 0.2) is 0 Å². The van der Waals surface area contributed by atoms with Crippen LogP contribution in [0.3, 0.4) is 0 Å². The number of carbonyl (C=O) groups is 2. The van der Waals surface area contributed by atoms with E-state index in [1.807, 2.05) is 0 Å². The molecule has 78 valence electrons. The average Bonchev–Trinajstić information content (AvgIpc) is 2.13. The molecule has 0 bridgehead atoms. The molecule has 0 saturated carbocycles. The summed E-state index contributed by atoms with van der Waals surface area (Å²) in [5.41, 5.74) is 0. The van der Waals surface area contributed by atoms with Crippen LogP contribution in [0.2, 0.25) is 0 Å². The van der Waals surface area contributed by atoms with Gasteiger partial charge in [0.15, 0.2) is 0 Å². The van der Waals surface area contributed by atoms with Gasteiger partial charge in [0.05, 0.1) is 19.8 Å². The maximum atomic E-state index is 9.59. The topological polar surface area (TPSA) is 82.1 Å². The van der Waals surface area contributed by atoms with Gasteiger partial charge < -0.3 is 19.3 Å². The summed E-state index contributed by atoms with van der Waals surface area (Å²) in [5.74, 6) is 0. The molecule has 0 heterocycles. The lowest BCUT2D eigenvalue weighted by Crippen LogP contribution is -2.07. The van der Waals surface area contributed by atoms with Gasteiger partial charge in [0.2, 0.25) is 0 Å². The summed E-state index contributed by atoms with van der Waals surface area (Å²) < 4.78 is 14.0. The van der Waals surface area contributed by atoms with Crippen molar-refractivity contribution in [2.24, 2.45) is 0 Å². The van der Waals surface area contributed by atoms with Crippen LogP contribution >= 0.6 is 0 Å². The number of hydrogen-bond acceptors (Lipinski definition) is 5. The molecule has 0 rings (SSSR count). The molecular formula is C7H14O6. The highest BCUT2D eigenvalue weighted by Gasteiger charge is 1.86. The Morgan fingerprint density at radius 3 is 2.15 bits per heavy atom. The van der Waals surface area contributed by atoms with Gasteiger partial charge in [-0.3, -0.25) is 9.59 Å². The predicted octanol–water partition coefficient (Wildman–Crippen LogP) is -0.477. The van der Waals surface area contributed by atoms with Crippen molar-refractivity contribution in [3.63, 3.8) is 0 Å². The molecule has 6 heteroatoms. The standard InChI is InChI=1S/C6H12O4.CH2O2/c1-8-2-3-9-4-5-10-6-7;2-1-3/h6H,2-5H2,1H3;1H,(H,2,3). The van der Waals surface area contributed by atoms with Crippen LogP contribution in [0.4, 0.5) is 0 Å². The molecule has 0 amide bonds. The fourth-order valence-electron chi connectivity index (χ4n) is 0.399. The smallest absolute Gasteiger partial charge is 0.293 e. The van der Waals surface area contributed by atoms with Gasteiger partial charge in [-0.15, -0.1) is 0 Å². The predicted molar refractivity (Wildman–Crippen MR) is 43.4 cm³/mol. The first kappa shape index (κ1) is 14.4. The van der Waals surface area contributed by atoms with Crippen molar-refractivity contribution >= 4 is 12.9 Å². The number of carboxylic acid groups (broad SMARTS) is 1. The van der Waals surface area contributed by atoms with Crippen molar-refractivity contribution in [1.29, 1.82) is 0 Å². The number of hydrogen-bond donors (Lipinski definition) is 1. The molecule has 0 aromatic carbocycles. The zero-order chi connectivity index (χ0) is 10.4. The molecule has 0 aliphatic heterocycles. The van der Waals surface area contributed by atoms with Gasteiger partial charge in [-0.1, -0.05) is 0 Å². The Hall–Kier alpha value is -1.14. The molecule has 0 aromatic heterocycles. The Balaban J connectivity index is 0. The number of methoxy groups -OCH3 is 1. The van der Waals surface area contributed by atoms with Crippen LogP contribution in [0, 0.1) is 0 Å². The van der Waals surface area contributed by atoms with Gasteiger partial charge in [0.1, 0.15) is 6.61 Å². The molecule has 1 N–H and O–H groups in total. The molecule has 0 saturated heterocycles. The Labute approximate surface area is 76.4 Å². The summed E-state index contributed by atoms with van der Waals surface area (Å²) >= 11 is 0. The zero-order valence-electron chi connectivity index (χ0n) is 7.47. The third kappa shape index (κ3) is 24.8. The van der Waals surface area contributed by atoms with E-state index < -0.39 is 0 Å². The maximum Gasteiger partial charge on any atom is 0.293 e. The molecular weight excluding hydrogens is 180 g/mol. The Morgan fingerprint density at radius 2 is 1.69 bits per heavy atom. The van der Waals surface area contributed by atoms with Crippen molar-refractivity contribution in [3.8, 4) is 0 Å². The normalized spacial score (nSPS) is 8.08. The Bertz CT molecular complexity index is 105. The Kier molecular flexibility index (Phi) is 18.9. The third-order valence-electron chi connectivity index (χ3n) is 0.845. The summed E-state index contributed by atoms with van der Waals surface area (Å²) in [6, 6.07) is 0. The minimum Gasteiger partial charge on any atom is -0.483 e. The summed E-state index contributed by atoms with van der Waals surface area (Å²) in [4.78, 5) is 18.0. The largest absolute Gasteiger partial charge is 0.483 e. The molecule has 0 radical (unpaired) electrons. The Morgan fingerprint density at radius 1 is 1.15 bits per heavy atom. The molecule has 0 aromatic rings. The van der Waals surface area contributed by atoms with Gasteiger partial charge in [-0.25, -0.2) is 0 Å². The molecule has 0 unspecified atom stereocenters. The maximum absolute atomic E-state index is 9.59. The van der Waals surface area contributed by atoms with E-state index in [4.69, 9.17) is 19.4 Å². The lowest BCUT2D eigenvalue weighted by Gasteiger charge is -2.00. The van der Waals surface area contributed by atoms with Crippen molar-refractivity contribution in [2.45, 2.75) is 0 Å².